The number of fused-ring (bicyclic) bond motifs is 2. The molecule has 1 aromatic rings. The van der Waals surface area contributed by atoms with E-state index in [1.807, 2.05) is 12.1 Å². The first kappa shape index (κ1) is 10.6. The predicted molar refractivity (Wildman–Crippen MR) is 63.3 cm³/mol. The fraction of sp³-hybridized carbons (Fsp3) is 0.333. The Labute approximate surface area is 103 Å². The summed E-state index contributed by atoms with van der Waals surface area (Å²) in [6, 6.07) is 5.41. The maximum atomic E-state index is 11.7. The Hall–Kier alpha value is -1.55. The van der Waals surface area contributed by atoms with Gasteiger partial charge in [0.05, 0.1) is 11.1 Å². The third kappa shape index (κ3) is 1.44. The number of amides is 1. The van der Waals surface area contributed by atoms with Crippen molar-refractivity contribution in [2.75, 3.05) is 0 Å². The predicted octanol–water partition coefficient (Wildman–Crippen LogP) is 2.02. The van der Waals surface area contributed by atoms with Crippen LogP contribution in [0.25, 0.3) is 0 Å². The van der Waals surface area contributed by atoms with Crippen LogP contribution >= 0.6 is 11.6 Å². The third-order valence-electron chi connectivity index (χ3n) is 3.45. The van der Waals surface area contributed by atoms with Crippen LogP contribution in [0.4, 0.5) is 0 Å². The van der Waals surface area contributed by atoms with Crippen molar-refractivity contribution < 1.29 is 10.0 Å². The summed E-state index contributed by atoms with van der Waals surface area (Å²) < 4.78 is 0. The summed E-state index contributed by atoms with van der Waals surface area (Å²) in [7, 11) is 0. The van der Waals surface area contributed by atoms with Gasteiger partial charge < -0.3 is 10.1 Å². The third-order valence-corrected chi connectivity index (χ3v) is 3.76. The summed E-state index contributed by atoms with van der Waals surface area (Å²) in [5.41, 5.74) is 2.24. The highest BCUT2D eigenvalue weighted by Crippen LogP contribution is 2.34. The van der Waals surface area contributed by atoms with Crippen LogP contribution in [-0.2, 0) is 11.3 Å². The molecule has 0 aliphatic carbocycles. The lowest BCUT2D eigenvalue weighted by Crippen LogP contribution is -2.43. The van der Waals surface area contributed by atoms with Gasteiger partial charge in [-0.2, -0.15) is 0 Å². The van der Waals surface area contributed by atoms with Gasteiger partial charge in [-0.3, -0.25) is 4.79 Å². The first-order valence-electron chi connectivity index (χ1n) is 5.51. The van der Waals surface area contributed by atoms with Crippen LogP contribution in [0.3, 0.4) is 0 Å². The van der Waals surface area contributed by atoms with Gasteiger partial charge in [0.1, 0.15) is 5.71 Å². The Morgan fingerprint density at radius 3 is 3.06 bits per heavy atom. The maximum absolute atomic E-state index is 11.7. The summed E-state index contributed by atoms with van der Waals surface area (Å²) in [5.74, 6) is 0.113. The van der Waals surface area contributed by atoms with Gasteiger partial charge in [0, 0.05) is 18.5 Å². The lowest BCUT2D eigenvalue weighted by atomic mass is 9.92. The second kappa shape index (κ2) is 3.74. The van der Waals surface area contributed by atoms with Gasteiger partial charge in [-0.15, -0.1) is 0 Å². The molecule has 1 unspecified atom stereocenters. The van der Waals surface area contributed by atoms with E-state index in [4.69, 9.17) is 11.6 Å². The van der Waals surface area contributed by atoms with Crippen LogP contribution in [0.5, 0.6) is 0 Å². The second-order valence-electron chi connectivity index (χ2n) is 4.34. The number of hydrogen-bond acceptors (Lipinski definition) is 3. The summed E-state index contributed by atoms with van der Waals surface area (Å²) in [6.07, 6.45) is 1.21. The van der Waals surface area contributed by atoms with E-state index in [2.05, 4.69) is 5.16 Å². The van der Waals surface area contributed by atoms with E-state index in [1.54, 1.807) is 11.0 Å². The summed E-state index contributed by atoms with van der Waals surface area (Å²) >= 11 is 6.15. The molecule has 0 spiro atoms. The van der Waals surface area contributed by atoms with Crippen LogP contribution < -0.4 is 0 Å². The molecule has 0 radical (unpaired) electrons. The zero-order valence-electron chi connectivity index (χ0n) is 9.06. The molecule has 4 nitrogen and oxygen atoms in total. The zero-order chi connectivity index (χ0) is 12.0. The van der Waals surface area contributed by atoms with E-state index in [-0.39, 0.29) is 11.9 Å². The number of oxime groups is 1. The number of carbonyl (C=O) groups is 1. The van der Waals surface area contributed by atoms with E-state index < -0.39 is 0 Å². The fourth-order valence-electron chi connectivity index (χ4n) is 2.67. The molecular formula is C12H11ClN2O2. The number of hydrogen-bond donors (Lipinski definition) is 1. The minimum atomic E-state index is -0.125. The van der Waals surface area contributed by atoms with Crippen molar-refractivity contribution in [3.05, 3.63) is 34.3 Å². The summed E-state index contributed by atoms with van der Waals surface area (Å²) in [4.78, 5) is 13.5. The smallest absolute Gasteiger partial charge is 0.223 e. The summed E-state index contributed by atoms with van der Waals surface area (Å²) in [6.45, 7) is 0.554. The highest BCUT2D eigenvalue weighted by molar-refractivity contribution is 6.35. The van der Waals surface area contributed by atoms with E-state index >= 15 is 0 Å². The quantitative estimate of drug-likeness (QED) is 0.566. The number of halogens is 1. The fourth-order valence-corrected chi connectivity index (χ4v) is 2.96. The van der Waals surface area contributed by atoms with Gasteiger partial charge in [-0.25, -0.2) is 0 Å². The summed E-state index contributed by atoms with van der Waals surface area (Å²) in [5, 5.41) is 13.1. The Balaban J connectivity index is 2.18. The van der Waals surface area contributed by atoms with Crippen molar-refractivity contribution in [2.45, 2.75) is 25.4 Å². The first-order chi connectivity index (χ1) is 8.22. The monoisotopic (exact) mass is 250 g/mol. The maximum Gasteiger partial charge on any atom is 0.223 e. The molecule has 1 atom stereocenters. The molecular weight excluding hydrogens is 240 g/mol. The molecule has 88 valence electrons. The standard InChI is InChI=1S/C12H11ClN2O2/c13-8-3-1-2-7-6-15-9(4-5-10(15)16)12(14-17)11(7)8/h1-3,9,17H,4-6H2/b14-12+. The molecule has 2 heterocycles. The largest absolute Gasteiger partial charge is 0.411 e. The van der Waals surface area contributed by atoms with Crippen molar-refractivity contribution in [1.29, 1.82) is 0 Å². The van der Waals surface area contributed by atoms with Crippen molar-refractivity contribution in [1.82, 2.24) is 4.90 Å². The molecule has 3 rings (SSSR count). The molecule has 2 aliphatic heterocycles. The van der Waals surface area contributed by atoms with Crippen LogP contribution in [0.15, 0.2) is 23.4 Å². The molecule has 1 N–H and O–H groups in total. The van der Waals surface area contributed by atoms with Crippen molar-refractivity contribution in [3.8, 4) is 0 Å². The normalized spacial score (nSPS) is 25.0. The Kier molecular flexibility index (Phi) is 2.33. The molecule has 0 aromatic heterocycles. The van der Waals surface area contributed by atoms with E-state index in [1.165, 1.54) is 0 Å². The molecule has 0 bridgehead atoms. The molecule has 1 aromatic carbocycles. The minimum absolute atomic E-state index is 0.113. The van der Waals surface area contributed by atoms with Crippen LogP contribution in [-0.4, -0.2) is 27.8 Å². The molecule has 17 heavy (non-hydrogen) atoms. The van der Waals surface area contributed by atoms with Crippen LogP contribution in [0.1, 0.15) is 24.0 Å². The van der Waals surface area contributed by atoms with Gasteiger partial charge in [0.15, 0.2) is 0 Å². The molecule has 2 aliphatic rings. The van der Waals surface area contributed by atoms with Gasteiger partial charge in [0.25, 0.3) is 0 Å². The van der Waals surface area contributed by atoms with Crippen molar-refractivity contribution >= 4 is 23.2 Å². The van der Waals surface area contributed by atoms with Crippen molar-refractivity contribution in [3.63, 3.8) is 0 Å². The molecule has 5 heteroatoms. The number of nitrogens with zero attached hydrogens (tertiary/aromatic N) is 2. The van der Waals surface area contributed by atoms with Crippen LogP contribution in [0, 0.1) is 0 Å². The molecule has 0 saturated carbocycles. The van der Waals surface area contributed by atoms with E-state index in [9.17, 15) is 10.0 Å². The Morgan fingerprint density at radius 2 is 2.29 bits per heavy atom. The lowest BCUT2D eigenvalue weighted by molar-refractivity contribution is -0.128. The molecule has 1 fully saturated rings. The Morgan fingerprint density at radius 1 is 1.47 bits per heavy atom. The topological polar surface area (TPSA) is 52.9 Å². The van der Waals surface area contributed by atoms with Gasteiger partial charge in [-0.05, 0) is 18.1 Å². The second-order valence-corrected chi connectivity index (χ2v) is 4.74. The molecule has 1 amide bonds. The first-order valence-corrected chi connectivity index (χ1v) is 5.89. The van der Waals surface area contributed by atoms with Crippen molar-refractivity contribution in [2.24, 2.45) is 5.16 Å². The number of carbonyl (C=O) groups excluding carboxylic acids is 1. The number of rotatable bonds is 0. The zero-order valence-corrected chi connectivity index (χ0v) is 9.81. The number of benzene rings is 1. The van der Waals surface area contributed by atoms with Gasteiger partial charge in [-0.1, -0.05) is 28.9 Å². The minimum Gasteiger partial charge on any atom is -0.411 e. The van der Waals surface area contributed by atoms with Gasteiger partial charge >= 0.3 is 0 Å². The highest BCUT2D eigenvalue weighted by atomic mass is 35.5. The Bertz CT molecular complexity index is 527. The van der Waals surface area contributed by atoms with E-state index in [0.29, 0.717) is 30.1 Å². The average molecular weight is 251 g/mol. The average Bonchev–Trinajstić information content (AvgIpc) is 2.69. The van der Waals surface area contributed by atoms with E-state index in [0.717, 1.165) is 11.1 Å². The SMILES string of the molecule is O=C1CCC2/C(=N\O)c3c(Cl)cccc3CN12. The van der Waals surface area contributed by atoms with Gasteiger partial charge in [0.2, 0.25) is 5.91 Å². The van der Waals surface area contributed by atoms with Crippen LogP contribution in [0.2, 0.25) is 5.02 Å². The lowest BCUT2D eigenvalue weighted by Gasteiger charge is -2.32. The highest BCUT2D eigenvalue weighted by Gasteiger charge is 2.40. The molecule has 1 saturated heterocycles.